The molecule has 0 fully saturated rings. The lowest BCUT2D eigenvalue weighted by Gasteiger charge is -2.08. The number of alkyl halides is 3. The average Bonchev–Trinajstić information content (AvgIpc) is 2.82. The first-order valence-electron chi connectivity index (χ1n) is 5.71. The van der Waals surface area contributed by atoms with Gasteiger partial charge in [-0.1, -0.05) is 0 Å². The Labute approximate surface area is 116 Å². The van der Waals surface area contributed by atoms with Crippen molar-refractivity contribution in [2.45, 2.75) is 12.7 Å². The molecule has 1 aromatic heterocycles. The van der Waals surface area contributed by atoms with Gasteiger partial charge in [-0.2, -0.15) is 18.3 Å². The Bertz CT molecular complexity index is 666. The SMILES string of the molecule is Nc1ccc(F)cc1NC(=O)Cn1ccc(C(F)(F)F)n1. The van der Waals surface area contributed by atoms with E-state index in [0.29, 0.717) is 0 Å². The number of nitrogen functional groups attached to an aromatic ring is 1. The molecule has 2 rings (SSSR count). The van der Waals surface area contributed by atoms with Crippen molar-refractivity contribution < 1.29 is 22.4 Å². The molecule has 0 aliphatic carbocycles. The molecule has 2 aromatic rings. The molecule has 1 amide bonds. The number of nitrogens with one attached hydrogen (secondary N) is 1. The monoisotopic (exact) mass is 302 g/mol. The summed E-state index contributed by atoms with van der Waals surface area (Å²) in [6, 6.07) is 4.15. The molecule has 0 saturated heterocycles. The van der Waals surface area contributed by atoms with E-state index in [9.17, 15) is 22.4 Å². The molecule has 112 valence electrons. The van der Waals surface area contributed by atoms with Crippen molar-refractivity contribution in [3.63, 3.8) is 0 Å². The average molecular weight is 302 g/mol. The molecule has 0 spiro atoms. The summed E-state index contributed by atoms with van der Waals surface area (Å²) in [7, 11) is 0. The van der Waals surface area contributed by atoms with Crippen molar-refractivity contribution in [1.29, 1.82) is 0 Å². The van der Waals surface area contributed by atoms with Gasteiger partial charge in [-0.25, -0.2) is 4.39 Å². The minimum Gasteiger partial charge on any atom is -0.397 e. The first kappa shape index (κ1) is 14.8. The molecule has 0 unspecified atom stereocenters. The van der Waals surface area contributed by atoms with Gasteiger partial charge in [-0.05, 0) is 24.3 Å². The van der Waals surface area contributed by atoms with E-state index in [1.54, 1.807) is 0 Å². The van der Waals surface area contributed by atoms with Crippen molar-refractivity contribution >= 4 is 17.3 Å². The molecule has 0 saturated carbocycles. The molecule has 0 radical (unpaired) electrons. The third-order valence-electron chi connectivity index (χ3n) is 2.53. The van der Waals surface area contributed by atoms with Crippen LogP contribution in [-0.2, 0) is 17.5 Å². The quantitative estimate of drug-likeness (QED) is 0.675. The van der Waals surface area contributed by atoms with Crippen molar-refractivity contribution in [2.24, 2.45) is 0 Å². The summed E-state index contributed by atoms with van der Waals surface area (Å²) in [5.74, 6) is -1.28. The molecule has 0 aliphatic heterocycles. The number of nitrogens with zero attached hydrogens (tertiary/aromatic N) is 2. The van der Waals surface area contributed by atoms with Gasteiger partial charge in [-0.15, -0.1) is 0 Å². The normalized spacial score (nSPS) is 11.4. The van der Waals surface area contributed by atoms with Crippen LogP contribution in [0, 0.1) is 5.82 Å². The largest absolute Gasteiger partial charge is 0.435 e. The van der Waals surface area contributed by atoms with Crippen molar-refractivity contribution in [2.75, 3.05) is 11.1 Å². The highest BCUT2D eigenvalue weighted by Gasteiger charge is 2.33. The summed E-state index contributed by atoms with van der Waals surface area (Å²) in [5, 5.41) is 5.53. The number of hydrogen-bond donors (Lipinski definition) is 2. The summed E-state index contributed by atoms with van der Waals surface area (Å²) in [4.78, 5) is 11.7. The van der Waals surface area contributed by atoms with Crippen molar-refractivity contribution in [1.82, 2.24) is 9.78 Å². The number of carbonyl (C=O) groups excluding carboxylic acids is 1. The number of rotatable bonds is 3. The van der Waals surface area contributed by atoms with Crippen LogP contribution in [0.1, 0.15) is 5.69 Å². The van der Waals surface area contributed by atoms with E-state index in [-0.39, 0.29) is 11.4 Å². The Morgan fingerprint density at radius 1 is 1.33 bits per heavy atom. The molecule has 1 aromatic carbocycles. The van der Waals surface area contributed by atoms with Gasteiger partial charge in [0.25, 0.3) is 0 Å². The van der Waals surface area contributed by atoms with Crippen LogP contribution in [0.4, 0.5) is 28.9 Å². The molecular weight excluding hydrogens is 292 g/mol. The highest BCUT2D eigenvalue weighted by molar-refractivity contribution is 5.93. The number of hydrogen-bond acceptors (Lipinski definition) is 3. The highest BCUT2D eigenvalue weighted by atomic mass is 19.4. The molecule has 21 heavy (non-hydrogen) atoms. The Hall–Kier alpha value is -2.58. The third-order valence-corrected chi connectivity index (χ3v) is 2.53. The molecule has 9 heteroatoms. The zero-order valence-electron chi connectivity index (χ0n) is 10.5. The Kier molecular flexibility index (Phi) is 3.83. The second-order valence-corrected chi connectivity index (χ2v) is 4.18. The lowest BCUT2D eigenvalue weighted by molar-refractivity contribution is -0.141. The zero-order valence-corrected chi connectivity index (χ0v) is 10.5. The number of benzene rings is 1. The predicted octanol–water partition coefficient (Wildman–Crippen LogP) is 2.26. The van der Waals surface area contributed by atoms with E-state index in [0.717, 1.165) is 29.1 Å². The number of aromatic nitrogens is 2. The predicted molar refractivity (Wildman–Crippen MR) is 66.7 cm³/mol. The first-order valence-corrected chi connectivity index (χ1v) is 5.71. The van der Waals surface area contributed by atoms with Crippen molar-refractivity contribution in [3.8, 4) is 0 Å². The lowest BCUT2D eigenvalue weighted by atomic mass is 10.2. The van der Waals surface area contributed by atoms with Crippen molar-refractivity contribution in [3.05, 3.63) is 42.0 Å². The van der Waals surface area contributed by atoms with Crippen LogP contribution < -0.4 is 11.1 Å². The van der Waals surface area contributed by atoms with Crippen LogP contribution >= 0.6 is 0 Å². The maximum atomic E-state index is 13.0. The van der Waals surface area contributed by atoms with Gasteiger partial charge in [0.1, 0.15) is 12.4 Å². The minimum atomic E-state index is -4.57. The standard InChI is InChI=1S/C12H10F4N4O/c13-7-1-2-8(17)9(5-7)18-11(21)6-20-4-3-10(19-20)12(14,15)16/h1-5H,6,17H2,(H,18,21). The highest BCUT2D eigenvalue weighted by Crippen LogP contribution is 2.27. The van der Waals surface area contributed by atoms with E-state index in [4.69, 9.17) is 5.73 Å². The van der Waals surface area contributed by atoms with E-state index in [2.05, 4.69) is 10.4 Å². The van der Waals surface area contributed by atoms with E-state index >= 15 is 0 Å². The number of carbonyl (C=O) groups is 1. The smallest absolute Gasteiger partial charge is 0.397 e. The minimum absolute atomic E-state index is 0.0446. The molecule has 3 N–H and O–H groups in total. The Morgan fingerprint density at radius 2 is 2.05 bits per heavy atom. The maximum Gasteiger partial charge on any atom is 0.435 e. The van der Waals surface area contributed by atoms with Crippen LogP contribution in [0.3, 0.4) is 0 Å². The van der Waals surface area contributed by atoms with E-state index in [1.807, 2.05) is 0 Å². The zero-order chi connectivity index (χ0) is 15.6. The second-order valence-electron chi connectivity index (χ2n) is 4.18. The van der Waals surface area contributed by atoms with Gasteiger partial charge >= 0.3 is 6.18 Å². The maximum absolute atomic E-state index is 13.0. The van der Waals surface area contributed by atoms with Gasteiger partial charge in [-0.3, -0.25) is 9.48 Å². The van der Waals surface area contributed by atoms with E-state index in [1.165, 1.54) is 6.07 Å². The van der Waals surface area contributed by atoms with Crippen LogP contribution in [-0.4, -0.2) is 15.7 Å². The summed E-state index contributed by atoms with van der Waals surface area (Å²) in [6.07, 6.45) is -3.55. The van der Waals surface area contributed by atoms with Gasteiger partial charge in [0.05, 0.1) is 11.4 Å². The van der Waals surface area contributed by atoms with Crippen LogP contribution in [0.5, 0.6) is 0 Å². The van der Waals surface area contributed by atoms with Crippen LogP contribution in [0.2, 0.25) is 0 Å². The lowest BCUT2D eigenvalue weighted by Crippen LogP contribution is -2.20. The number of anilines is 2. The number of halogens is 4. The number of nitrogens with two attached hydrogens (primary N) is 1. The summed E-state index contributed by atoms with van der Waals surface area (Å²) >= 11 is 0. The fraction of sp³-hybridized carbons (Fsp3) is 0.167. The summed E-state index contributed by atoms with van der Waals surface area (Å²) in [6.45, 7) is -0.452. The Morgan fingerprint density at radius 3 is 2.67 bits per heavy atom. The molecule has 5 nitrogen and oxygen atoms in total. The van der Waals surface area contributed by atoms with Crippen LogP contribution in [0.25, 0.3) is 0 Å². The molecule has 1 heterocycles. The van der Waals surface area contributed by atoms with E-state index < -0.39 is 30.1 Å². The van der Waals surface area contributed by atoms with Gasteiger partial charge < -0.3 is 11.1 Å². The summed E-state index contributed by atoms with van der Waals surface area (Å²) in [5.41, 5.74) is 4.63. The van der Waals surface area contributed by atoms with Gasteiger partial charge in [0.15, 0.2) is 5.69 Å². The molecule has 0 bridgehead atoms. The summed E-state index contributed by atoms with van der Waals surface area (Å²) < 4.78 is 50.9. The molecule has 0 atom stereocenters. The third kappa shape index (κ3) is 3.71. The fourth-order valence-corrected chi connectivity index (χ4v) is 1.57. The first-order chi connectivity index (χ1) is 9.75. The molecular formula is C12H10F4N4O. The fourth-order valence-electron chi connectivity index (χ4n) is 1.57. The van der Waals surface area contributed by atoms with Gasteiger partial charge in [0, 0.05) is 6.20 Å². The number of amides is 1. The molecule has 0 aliphatic rings. The van der Waals surface area contributed by atoms with Crippen LogP contribution in [0.15, 0.2) is 30.5 Å². The second kappa shape index (κ2) is 5.43. The Balaban J connectivity index is 2.05. The topological polar surface area (TPSA) is 72.9 Å². The van der Waals surface area contributed by atoms with Gasteiger partial charge in [0.2, 0.25) is 5.91 Å².